The van der Waals surface area contributed by atoms with E-state index in [4.69, 9.17) is 4.74 Å². The van der Waals surface area contributed by atoms with Crippen molar-refractivity contribution in [3.8, 4) is 5.75 Å². The van der Waals surface area contributed by atoms with E-state index in [-0.39, 0.29) is 16.7 Å². The third-order valence-corrected chi connectivity index (χ3v) is 6.99. The summed E-state index contributed by atoms with van der Waals surface area (Å²) in [7, 11) is -2.09. The van der Waals surface area contributed by atoms with Crippen LogP contribution >= 0.6 is 11.3 Å². The predicted molar refractivity (Wildman–Crippen MR) is 109 cm³/mol. The summed E-state index contributed by atoms with van der Waals surface area (Å²) >= 11 is 1.16. The van der Waals surface area contributed by atoms with Crippen LogP contribution in [0, 0.1) is 6.92 Å². The van der Waals surface area contributed by atoms with E-state index in [2.05, 4.69) is 10.3 Å². The highest BCUT2D eigenvalue weighted by Gasteiger charge is 2.22. The molecule has 0 radical (unpaired) electrons. The number of aryl methyl sites for hydroxylation is 1. The topological polar surface area (TPSA) is 88.6 Å². The first-order chi connectivity index (χ1) is 13.4. The van der Waals surface area contributed by atoms with Gasteiger partial charge in [0.1, 0.15) is 15.8 Å². The molecule has 7 nitrogen and oxygen atoms in total. The average molecular weight is 418 g/mol. The van der Waals surface area contributed by atoms with Gasteiger partial charge < -0.3 is 10.1 Å². The van der Waals surface area contributed by atoms with Crippen molar-refractivity contribution in [2.24, 2.45) is 0 Å². The first-order valence-electron chi connectivity index (χ1n) is 8.35. The Kier molecular flexibility index (Phi) is 5.96. The van der Waals surface area contributed by atoms with Crippen molar-refractivity contribution >= 4 is 38.8 Å². The molecule has 0 saturated heterocycles. The van der Waals surface area contributed by atoms with Crippen LogP contribution in [-0.4, -0.2) is 33.0 Å². The van der Waals surface area contributed by atoms with E-state index in [0.717, 1.165) is 17.0 Å². The minimum atomic E-state index is -3.59. The third kappa shape index (κ3) is 4.68. The normalized spacial score (nSPS) is 11.1. The highest BCUT2D eigenvalue weighted by atomic mass is 32.2. The lowest BCUT2D eigenvalue weighted by Crippen LogP contribution is -2.25. The van der Waals surface area contributed by atoms with Crippen molar-refractivity contribution in [1.82, 2.24) is 4.98 Å². The van der Waals surface area contributed by atoms with Gasteiger partial charge in [0.25, 0.3) is 15.9 Å². The maximum atomic E-state index is 12.5. The minimum Gasteiger partial charge on any atom is -0.484 e. The lowest BCUT2D eigenvalue weighted by atomic mass is 10.3. The summed E-state index contributed by atoms with van der Waals surface area (Å²) in [5, 5.41) is 4.37. The molecule has 0 aliphatic heterocycles. The number of sulfonamides is 1. The molecule has 1 N–H and O–H groups in total. The molecule has 0 unspecified atom stereocenters. The number of thiophene rings is 1. The Hall–Kier alpha value is -2.91. The summed E-state index contributed by atoms with van der Waals surface area (Å²) in [6.07, 6.45) is 0. The highest BCUT2D eigenvalue weighted by molar-refractivity contribution is 7.94. The summed E-state index contributed by atoms with van der Waals surface area (Å²) in [6, 6.07) is 15.1. The molecule has 1 aromatic carbocycles. The number of nitrogens with zero attached hydrogens (tertiary/aromatic N) is 2. The summed E-state index contributed by atoms with van der Waals surface area (Å²) in [6.45, 7) is 1.65. The number of aromatic nitrogens is 1. The number of hydrogen-bond donors (Lipinski definition) is 1. The summed E-state index contributed by atoms with van der Waals surface area (Å²) < 4.78 is 32.0. The van der Waals surface area contributed by atoms with E-state index < -0.39 is 10.0 Å². The number of anilines is 2. The fourth-order valence-corrected chi connectivity index (χ4v) is 4.73. The largest absolute Gasteiger partial charge is 0.484 e. The van der Waals surface area contributed by atoms with Gasteiger partial charge in [-0.05, 0) is 54.8 Å². The van der Waals surface area contributed by atoms with Crippen molar-refractivity contribution in [2.45, 2.75) is 11.1 Å². The molecule has 0 spiro atoms. The standard InChI is InChI=1S/C19H19N3O4S2/c1-14-5-3-6-17(20-14)21-18(23)13-26-16-10-8-15(9-11-16)22(2)28(24,25)19-7-4-12-27-19/h3-12H,13H2,1-2H3,(H,20,21,23). The molecule has 9 heteroatoms. The van der Waals surface area contributed by atoms with Gasteiger partial charge >= 0.3 is 0 Å². The molecule has 3 rings (SSSR count). The second kappa shape index (κ2) is 8.41. The Morgan fingerprint density at radius 3 is 2.54 bits per heavy atom. The summed E-state index contributed by atoms with van der Waals surface area (Å²) in [4.78, 5) is 16.2. The Morgan fingerprint density at radius 1 is 1.14 bits per heavy atom. The van der Waals surface area contributed by atoms with Crippen LogP contribution in [0.3, 0.4) is 0 Å². The fraction of sp³-hybridized carbons (Fsp3) is 0.158. The van der Waals surface area contributed by atoms with Crippen LogP contribution in [0.2, 0.25) is 0 Å². The van der Waals surface area contributed by atoms with Crippen LogP contribution in [0.5, 0.6) is 5.75 Å². The van der Waals surface area contributed by atoms with Gasteiger partial charge in [0, 0.05) is 12.7 Å². The van der Waals surface area contributed by atoms with Crippen molar-refractivity contribution in [2.75, 3.05) is 23.3 Å². The number of carbonyl (C=O) groups excluding carboxylic acids is 1. The molecule has 0 fully saturated rings. The zero-order chi connectivity index (χ0) is 20.1. The molecule has 1 amide bonds. The Bertz CT molecular complexity index is 1050. The predicted octanol–water partition coefficient (Wildman–Crippen LogP) is 3.29. The summed E-state index contributed by atoms with van der Waals surface area (Å²) in [5.41, 5.74) is 1.30. The molecule has 28 heavy (non-hydrogen) atoms. The van der Waals surface area contributed by atoms with E-state index in [1.54, 1.807) is 53.9 Å². The van der Waals surface area contributed by atoms with Crippen molar-refractivity contribution in [3.05, 3.63) is 65.7 Å². The molecule has 2 aromatic heterocycles. The Balaban J connectivity index is 1.59. The molecule has 0 aliphatic carbocycles. The van der Waals surface area contributed by atoms with Crippen LogP contribution in [0.25, 0.3) is 0 Å². The van der Waals surface area contributed by atoms with Gasteiger partial charge in [0.05, 0.1) is 5.69 Å². The van der Waals surface area contributed by atoms with Crippen LogP contribution < -0.4 is 14.4 Å². The molecule has 2 heterocycles. The molecular weight excluding hydrogens is 398 g/mol. The smallest absolute Gasteiger partial charge is 0.273 e. The number of nitrogens with one attached hydrogen (secondary N) is 1. The number of ether oxygens (including phenoxy) is 1. The fourth-order valence-electron chi connectivity index (χ4n) is 2.38. The van der Waals surface area contributed by atoms with Crippen LogP contribution in [0.15, 0.2) is 64.2 Å². The molecule has 0 saturated carbocycles. The zero-order valence-electron chi connectivity index (χ0n) is 15.3. The van der Waals surface area contributed by atoms with Gasteiger partial charge in [-0.3, -0.25) is 9.10 Å². The highest BCUT2D eigenvalue weighted by Crippen LogP contribution is 2.26. The first-order valence-corrected chi connectivity index (χ1v) is 10.7. The van der Waals surface area contributed by atoms with Gasteiger partial charge in [0.2, 0.25) is 0 Å². The van der Waals surface area contributed by atoms with Crippen LogP contribution in [0.1, 0.15) is 5.69 Å². The minimum absolute atomic E-state index is 0.182. The number of rotatable bonds is 7. The molecular formula is C19H19N3O4S2. The van der Waals surface area contributed by atoms with E-state index in [9.17, 15) is 13.2 Å². The molecule has 146 valence electrons. The van der Waals surface area contributed by atoms with Gasteiger partial charge in [-0.2, -0.15) is 0 Å². The number of benzene rings is 1. The van der Waals surface area contributed by atoms with Gasteiger partial charge in [-0.15, -0.1) is 11.3 Å². The van der Waals surface area contributed by atoms with Gasteiger partial charge in [0.15, 0.2) is 6.61 Å². The number of carbonyl (C=O) groups is 1. The first kappa shape index (κ1) is 19.8. The van der Waals surface area contributed by atoms with Crippen LogP contribution in [0.4, 0.5) is 11.5 Å². The Labute approximate surface area is 167 Å². The van der Waals surface area contributed by atoms with Crippen molar-refractivity contribution in [1.29, 1.82) is 0 Å². The SMILES string of the molecule is Cc1cccc(NC(=O)COc2ccc(N(C)S(=O)(=O)c3cccs3)cc2)n1. The quantitative estimate of drug-likeness (QED) is 0.637. The molecule has 3 aromatic rings. The van der Waals surface area contributed by atoms with Crippen molar-refractivity contribution in [3.63, 3.8) is 0 Å². The monoisotopic (exact) mass is 417 g/mol. The zero-order valence-corrected chi connectivity index (χ0v) is 17.0. The maximum Gasteiger partial charge on any atom is 0.273 e. The van der Waals surface area contributed by atoms with Crippen LogP contribution in [-0.2, 0) is 14.8 Å². The van der Waals surface area contributed by atoms with Crippen molar-refractivity contribution < 1.29 is 17.9 Å². The van der Waals surface area contributed by atoms with Gasteiger partial charge in [-0.1, -0.05) is 12.1 Å². The van der Waals surface area contributed by atoms with E-state index in [0.29, 0.717) is 17.3 Å². The van der Waals surface area contributed by atoms with E-state index in [1.807, 2.05) is 13.0 Å². The maximum absolute atomic E-state index is 12.5. The number of amides is 1. The molecule has 0 aliphatic rings. The molecule has 0 atom stereocenters. The van der Waals surface area contributed by atoms with E-state index in [1.165, 1.54) is 11.4 Å². The number of pyridine rings is 1. The Morgan fingerprint density at radius 2 is 1.89 bits per heavy atom. The number of hydrogen-bond acceptors (Lipinski definition) is 6. The lowest BCUT2D eigenvalue weighted by molar-refractivity contribution is -0.118. The second-order valence-corrected chi connectivity index (χ2v) is 9.04. The summed E-state index contributed by atoms with van der Waals surface area (Å²) in [5.74, 6) is 0.585. The third-order valence-electron chi connectivity index (χ3n) is 3.84. The lowest BCUT2D eigenvalue weighted by Gasteiger charge is -2.18. The average Bonchev–Trinajstić information content (AvgIpc) is 3.22. The van der Waals surface area contributed by atoms with E-state index >= 15 is 0 Å². The second-order valence-electron chi connectivity index (χ2n) is 5.90. The molecule has 0 bridgehead atoms. The van der Waals surface area contributed by atoms with Gasteiger partial charge in [-0.25, -0.2) is 13.4 Å².